The van der Waals surface area contributed by atoms with Gasteiger partial charge in [-0.2, -0.15) is 0 Å². The van der Waals surface area contributed by atoms with Crippen LogP contribution in [0.25, 0.3) is 11.1 Å². The Morgan fingerprint density at radius 2 is 1.69 bits per heavy atom. The Morgan fingerprint density at radius 1 is 1.00 bits per heavy atom. The lowest BCUT2D eigenvalue weighted by Crippen LogP contribution is -2.18. The normalized spacial score (nSPS) is 14.3. The number of aryl methyl sites for hydroxylation is 1. The summed E-state index contributed by atoms with van der Waals surface area (Å²) in [5.41, 5.74) is 6.16. The summed E-state index contributed by atoms with van der Waals surface area (Å²) in [6.45, 7) is 4.97. The third kappa shape index (κ3) is 5.02. The standard InChI is InChI=1S/C25H27N3O/c1-17-15-22(13-14-26-17)21-7-11-24(12-8-21)28-25(29)18(2)20-5-9-23(10-6-20)27-16-19-3-4-19/h5-15,18-19,27H,3-4,16H2,1-2H3,(H,28,29). The number of hydrogen-bond donors (Lipinski definition) is 2. The van der Waals surface area contributed by atoms with Gasteiger partial charge in [0.2, 0.25) is 5.91 Å². The Hall–Kier alpha value is -3.14. The minimum Gasteiger partial charge on any atom is -0.385 e. The monoisotopic (exact) mass is 385 g/mol. The third-order valence-electron chi connectivity index (χ3n) is 5.48. The molecule has 1 aromatic heterocycles. The van der Waals surface area contributed by atoms with Crippen molar-refractivity contribution in [1.82, 2.24) is 4.98 Å². The van der Waals surface area contributed by atoms with Crippen molar-refractivity contribution < 1.29 is 4.79 Å². The van der Waals surface area contributed by atoms with Crippen LogP contribution >= 0.6 is 0 Å². The van der Waals surface area contributed by atoms with Crippen LogP contribution in [0.4, 0.5) is 11.4 Å². The van der Waals surface area contributed by atoms with Crippen LogP contribution in [0, 0.1) is 12.8 Å². The average molecular weight is 386 g/mol. The molecule has 2 aromatic carbocycles. The summed E-state index contributed by atoms with van der Waals surface area (Å²) < 4.78 is 0. The molecule has 2 N–H and O–H groups in total. The van der Waals surface area contributed by atoms with Crippen molar-refractivity contribution in [3.8, 4) is 11.1 Å². The fraction of sp³-hybridized carbons (Fsp3) is 0.280. The van der Waals surface area contributed by atoms with Gasteiger partial charge in [-0.3, -0.25) is 9.78 Å². The number of carbonyl (C=O) groups excluding carboxylic acids is 1. The fourth-order valence-corrected chi connectivity index (χ4v) is 3.35. The highest BCUT2D eigenvalue weighted by atomic mass is 16.1. The van der Waals surface area contributed by atoms with Gasteiger partial charge in [0.15, 0.2) is 0 Å². The van der Waals surface area contributed by atoms with Gasteiger partial charge >= 0.3 is 0 Å². The van der Waals surface area contributed by atoms with E-state index in [2.05, 4.69) is 33.8 Å². The zero-order chi connectivity index (χ0) is 20.2. The number of nitrogens with one attached hydrogen (secondary N) is 2. The van der Waals surface area contributed by atoms with E-state index < -0.39 is 0 Å². The van der Waals surface area contributed by atoms with Crippen LogP contribution in [0.3, 0.4) is 0 Å². The molecule has 0 aliphatic heterocycles. The number of amides is 1. The van der Waals surface area contributed by atoms with Gasteiger partial charge in [-0.15, -0.1) is 0 Å². The molecule has 148 valence electrons. The fourth-order valence-electron chi connectivity index (χ4n) is 3.35. The van der Waals surface area contributed by atoms with E-state index in [0.29, 0.717) is 0 Å². The number of nitrogens with zero attached hydrogens (tertiary/aromatic N) is 1. The molecule has 0 radical (unpaired) electrons. The van der Waals surface area contributed by atoms with Crippen LogP contribution in [0.5, 0.6) is 0 Å². The van der Waals surface area contributed by atoms with Crippen LogP contribution in [0.1, 0.15) is 36.9 Å². The summed E-state index contributed by atoms with van der Waals surface area (Å²) in [5, 5.41) is 6.49. The van der Waals surface area contributed by atoms with E-state index in [-0.39, 0.29) is 11.8 Å². The van der Waals surface area contributed by atoms with E-state index in [1.54, 1.807) is 0 Å². The number of rotatable bonds is 7. The molecule has 0 saturated heterocycles. The lowest BCUT2D eigenvalue weighted by Gasteiger charge is -2.14. The summed E-state index contributed by atoms with van der Waals surface area (Å²) in [4.78, 5) is 16.9. The van der Waals surface area contributed by atoms with Crippen molar-refractivity contribution in [3.05, 3.63) is 78.1 Å². The quantitative estimate of drug-likeness (QED) is 0.555. The van der Waals surface area contributed by atoms with E-state index >= 15 is 0 Å². The van der Waals surface area contributed by atoms with Crippen molar-refractivity contribution in [2.24, 2.45) is 5.92 Å². The molecule has 3 aromatic rings. The van der Waals surface area contributed by atoms with Gasteiger partial charge < -0.3 is 10.6 Å². The lowest BCUT2D eigenvalue weighted by atomic mass is 9.99. The summed E-state index contributed by atoms with van der Waals surface area (Å²) in [5.74, 6) is 0.625. The second-order valence-electron chi connectivity index (χ2n) is 7.92. The van der Waals surface area contributed by atoms with E-state index in [0.717, 1.165) is 46.2 Å². The lowest BCUT2D eigenvalue weighted by molar-refractivity contribution is -0.117. The summed E-state index contributed by atoms with van der Waals surface area (Å²) in [7, 11) is 0. The zero-order valence-corrected chi connectivity index (χ0v) is 17.0. The highest BCUT2D eigenvalue weighted by molar-refractivity contribution is 5.95. The maximum atomic E-state index is 12.7. The molecule has 4 heteroatoms. The molecule has 0 spiro atoms. The van der Waals surface area contributed by atoms with Gasteiger partial charge in [-0.25, -0.2) is 0 Å². The Labute approximate surface area is 172 Å². The molecule has 0 bridgehead atoms. The molecule has 1 saturated carbocycles. The van der Waals surface area contributed by atoms with Gasteiger partial charge in [0.05, 0.1) is 5.92 Å². The minimum atomic E-state index is -0.213. The average Bonchev–Trinajstić information content (AvgIpc) is 3.57. The summed E-state index contributed by atoms with van der Waals surface area (Å²) >= 11 is 0. The smallest absolute Gasteiger partial charge is 0.231 e. The number of anilines is 2. The maximum absolute atomic E-state index is 12.7. The first-order valence-electron chi connectivity index (χ1n) is 10.3. The molecule has 4 rings (SSSR count). The predicted octanol–water partition coefficient (Wildman–Crippen LogP) is 5.62. The molecule has 1 aliphatic carbocycles. The van der Waals surface area contributed by atoms with Crippen LogP contribution in [0.2, 0.25) is 0 Å². The minimum absolute atomic E-state index is 0.00352. The third-order valence-corrected chi connectivity index (χ3v) is 5.48. The number of hydrogen-bond acceptors (Lipinski definition) is 3. The number of pyridine rings is 1. The van der Waals surface area contributed by atoms with Crippen molar-refractivity contribution >= 4 is 17.3 Å². The number of benzene rings is 2. The molecule has 1 atom stereocenters. The van der Waals surface area contributed by atoms with E-state index in [9.17, 15) is 4.79 Å². The highest BCUT2D eigenvalue weighted by Crippen LogP contribution is 2.29. The number of aromatic nitrogens is 1. The van der Waals surface area contributed by atoms with E-state index in [1.165, 1.54) is 12.8 Å². The summed E-state index contributed by atoms with van der Waals surface area (Å²) in [6.07, 6.45) is 4.49. The molecule has 1 amide bonds. The van der Waals surface area contributed by atoms with Crippen molar-refractivity contribution in [2.45, 2.75) is 32.6 Å². The van der Waals surface area contributed by atoms with Crippen molar-refractivity contribution in [2.75, 3.05) is 17.2 Å². The Balaban J connectivity index is 1.36. The van der Waals surface area contributed by atoms with Crippen LogP contribution < -0.4 is 10.6 Å². The van der Waals surface area contributed by atoms with Gasteiger partial charge in [0.25, 0.3) is 0 Å². The Morgan fingerprint density at radius 3 is 2.34 bits per heavy atom. The molecular formula is C25H27N3O. The maximum Gasteiger partial charge on any atom is 0.231 e. The van der Waals surface area contributed by atoms with E-state index in [1.807, 2.05) is 62.5 Å². The second-order valence-corrected chi connectivity index (χ2v) is 7.92. The van der Waals surface area contributed by atoms with Crippen LogP contribution in [-0.4, -0.2) is 17.4 Å². The molecule has 1 fully saturated rings. The van der Waals surface area contributed by atoms with E-state index in [4.69, 9.17) is 0 Å². The number of carbonyl (C=O) groups is 1. The zero-order valence-electron chi connectivity index (χ0n) is 17.0. The van der Waals surface area contributed by atoms with Gasteiger partial charge in [-0.05, 0) is 85.7 Å². The largest absolute Gasteiger partial charge is 0.385 e. The topological polar surface area (TPSA) is 54.0 Å². The Bertz CT molecular complexity index is 976. The highest BCUT2D eigenvalue weighted by Gasteiger charge is 2.20. The second kappa shape index (κ2) is 8.48. The van der Waals surface area contributed by atoms with Gasteiger partial charge in [0, 0.05) is 29.8 Å². The molecule has 1 heterocycles. The molecular weight excluding hydrogens is 358 g/mol. The summed E-state index contributed by atoms with van der Waals surface area (Å²) in [6, 6.07) is 20.2. The van der Waals surface area contributed by atoms with Gasteiger partial charge in [0.1, 0.15) is 0 Å². The van der Waals surface area contributed by atoms with Crippen LogP contribution in [-0.2, 0) is 4.79 Å². The molecule has 1 unspecified atom stereocenters. The molecule has 4 nitrogen and oxygen atoms in total. The first-order valence-corrected chi connectivity index (χ1v) is 10.3. The Kier molecular flexibility index (Phi) is 5.61. The predicted molar refractivity (Wildman–Crippen MR) is 119 cm³/mol. The van der Waals surface area contributed by atoms with Crippen molar-refractivity contribution in [1.29, 1.82) is 0 Å². The SMILES string of the molecule is Cc1cc(-c2ccc(NC(=O)C(C)c3ccc(NCC4CC4)cc3)cc2)ccn1. The van der Waals surface area contributed by atoms with Gasteiger partial charge in [-0.1, -0.05) is 24.3 Å². The molecule has 29 heavy (non-hydrogen) atoms. The first kappa shape index (κ1) is 19.2. The molecule has 1 aliphatic rings. The van der Waals surface area contributed by atoms with Crippen LogP contribution in [0.15, 0.2) is 66.9 Å². The van der Waals surface area contributed by atoms with Crippen molar-refractivity contribution in [3.63, 3.8) is 0 Å². The first-order chi connectivity index (χ1) is 14.1.